The Bertz CT molecular complexity index is 203. The molecule has 5 heteroatoms. The van der Waals surface area contributed by atoms with Crippen LogP contribution >= 0.6 is 0 Å². The molecule has 0 aromatic heterocycles. The Morgan fingerprint density at radius 3 is 2.36 bits per heavy atom. The van der Waals surface area contributed by atoms with Crippen LogP contribution in [0.3, 0.4) is 0 Å². The molecule has 0 bridgehead atoms. The molecule has 1 amide bonds. The Labute approximate surface area is 83.6 Å². The van der Waals surface area contributed by atoms with Gasteiger partial charge in [-0.3, -0.25) is 9.69 Å². The molecule has 0 rings (SSSR count). The van der Waals surface area contributed by atoms with E-state index in [-0.39, 0.29) is 19.1 Å². The number of hydrogen-bond donors (Lipinski definition) is 1. The molecular weight excluding hydrogens is 186 g/mol. The smallest absolute Gasteiger partial charge is 0.410 e. The maximum Gasteiger partial charge on any atom is 0.410 e. The molecule has 14 heavy (non-hydrogen) atoms. The van der Waals surface area contributed by atoms with Crippen LogP contribution in [0.1, 0.15) is 20.8 Å². The Balaban J connectivity index is 4.22. The lowest BCUT2D eigenvalue weighted by Crippen LogP contribution is -2.38. The van der Waals surface area contributed by atoms with E-state index in [1.807, 2.05) is 13.8 Å². The minimum atomic E-state index is -1.03. The van der Waals surface area contributed by atoms with Gasteiger partial charge in [0.1, 0.15) is 6.54 Å². The third-order valence-electron chi connectivity index (χ3n) is 1.44. The number of carboxylic acid groups (broad SMARTS) is 1. The van der Waals surface area contributed by atoms with Crippen molar-refractivity contribution < 1.29 is 19.4 Å². The molecule has 0 saturated heterocycles. The maximum absolute atomic E-state index is 11.3. The van der Waals surface area contributed by atoms with Crippen LogP contribution in [-0.2, 0) is 9.53 Å². The molecule has 82 valence electrons. The minimum Gasteiger partial charge on any atom is -0.480 e. The van der Waals surface area contributed by atoms with Crippen molar-refractivity contribution in [3.63, 3.8) is 0 Å². The minimum absolute atomic E-state index is 0.221. The zero-order chi connectivity index (χ0) is 11.1. The van der Waals surface area contributed by atoms with Crippen LogP contribution < -0.4 is 0 Å². The summed E-state index contributed by atoms with van der Waals surface area (Å²) in [5, 5.41) is 8.56. The van der Waals surface area contributed by atoms with E-state index in [1.165, 1.54) is 4.90 Å². The molecule has 0 heterocycles. The van der Waals surface area contributed by atoms with Gasteiger partial charge >= 0.3 is 12.1 Å². The fraction of sp³-hybridized carbons (Fsp3) is 0.778. The van der Waals surface area contributed by atoms with Gasteiger partial charge in [-0.1, -0.05) is 13.8 Å². The molecule has 1 N–H and O–H groups in total. The van der Waals surface area contributed by atoms with Gasteiger partial charge in [-0.05, 0) is 12.8 Å². The molecule has 0 fully saturated rings. The Hall–Kier alpha value is -1.26. The van der Waals surface area contributed by atoms with Gasteiger partial charge in [0.25, 0.3) is 0 Å². The molecule has 0 saturated carbocycles. The summed E-state index contributed by atoms with van der Waals surface area (Å²) in [5.74, 6) is -0.808. The monoisotopic (exact) mass is 203 g/mol. The van der Waals surface area contributed by atoms with Gasteiger partial charge in [0.2, 0.25) is 0 Å². The van der Waals surface area contributed by atoms with Crippen LogP contribution in [0.25, 0.3) is 0 Å². The van der Waals surface area contributed by atoms with Crippen molar-refractivity contribution >= 4 is 12.1 Å². The maximum atomic E-state index is 11.3. The van der Waals surface area contributed by atoms with Gasteiger partial charge in [0, 0.05) is 6.54 Å². The molecule has 0 aromatic rings. The molecule has 0 aromatic carbocycles. The average molecular weight is 203 g/mol. The molecule has 0 unspecified atom stereocenters. The number of aliphatic carboxylic acids is 1. The van der Waals surface area contributed by atoms with E-state index in [0.717, 1.165) is 0 Å². The summed E-state index contributed by atoms with van der Waals surface area (Å²) in [6.45, 7) is 5.85. The van der Waals surface area contributed by atoms with Crippen molar-refractivity contribution in [3.8, 4) is 0 Å². The normalized spacial score (nSPS) is 10.0. The van der Waals surface area contributed by atoms with E-state index in [4.69, 9.17) is 9.84 Å². The van der Waals surface area contributed by atoms with Gasteiger partial charge in [-0.2, -0.15) is 0 Å². The quantitative estimate of drug-likeness (QED) is 0.728. The molecule has 0 aliphatic rings. The van der Waals surface area contributed by atoms with Crippen molar-refractivity contribution in [2.75, 3.05) is 19.7 Å². The second kappa shape index (κ2) is 6.23. The number of ether oxygens (including phenoxy) is 1. The van der Waals surface area contributed by atoms with E-state index < -0.39 is 12.1 Å². The number of nitrogens with zero attached hydrogens (tertiary/aromatic N) is 1. The lowest BCUT2D eigenvalue weighted by atomic mass is 10.2. The largest absolute Gasteiger partial charge is 0.480 e. The number of hydrogen-bond acceptors (Lipinski definition) is 3. The predicted molar refractivity (Wildman–Crippen MR) is 51.1 cm³/mol. The van der Waals surface area contributed by atoms with Gasteiger partial charge < -0.3 is 9.84 Å². The highest BCUT2D eigenvalue weighted by molar-refractivity contribution is 5.76. The first-order valence-electron chi connectivity index (χ1n) is 4.60. The molecule has 0 spiro atoms. The average Bonchev–Trinajstić information content (AvgIpc) is 2.01. The van der Waals surface area contributed by atoms with E-state index in [9.17, 15) is 9.59 Å². The first-order valence-corrected chi connectivity index (χ1v) is 4.60. The zero-order valence-corrected chi connectivity index (χ0v) is 8.82. The van der Waals surface area contributed by atoms with Crippen molar-refractivity contribution in [1.82, 2.24) is 4.90 Å². The molecule has 0 atom stereocenters. The summed E-state index contributed by atoms with van der Waals surface area (Å²) in [4.78, 5) is 22.9. The van der Waals surface area contributed by atoms with Crippen LogP contribution in [0.4, 0.5) is 4.79 Å². The second-order valence-corrected chi connectivity index (χ2v) is 3.37. The Morgan fingerprint density at radius 2 is 2.00 bits per heavy atom. The highest BCUT2D eigenvalue weighted by Crippen LogP contribution is 2.01. The summed E-state index contributed by atoms with van der Waals surface area (Å²) in [7, 11) is 0. The lowest BCUT2D eigenvalue weighted by Gasteiger charge is -2.21. The summed E-state index contributed by atoms with van der Waals surface area (Å²) in [5.41, 5.74) is 0. The number of carbonyl (C=O) groups excluding carboxylic acids is 1. The van der Waals surface area contributed by atoms with Crippen molar-refractivity contribution in [2.45, 2.75) is 20.8 Å². The summed E-state index contributed by atoms with van der Waals surface area (Å²) < 4.78 is 4.73. The summed E-state index contributed by atoms with van der Waals surface area (Å²) in [6.07, 6.45) is -0.566. The molecule has 0 aliphatic heterocycles. The van der Waals surface area contributed by atoms with Gasteiger partial charge in [0.05, 0.1) is 6.61 Å². The molecule has 0 radical (unpaired) electrons. The van der Waals surface area contributed by atoms with Crippen LogP contribution in [0.5, 0.6) is 0 Å². The van der Waals surface area contributed by atoms with E-state index in [2.05, 4.69) is 0 Å². The fourth-order valence-corrected chi connectivity index (χ4v) is 1.02. The number of carboxylic acids is 1. The van der Waals surface area contributed by atoms with E-state index in [0.29, 0.717) is 6.54 Å². The summed E-state index contributed by atoms with van der Waals surface area (Å²) >= 11 is 0. The fourth-order valence-electron chi connectivity index (χ4n) is 1.02. The summed E-state index contributed by atoms with van der Waals surface area (Å²) in [6, 6.07) is 0. The van der Waals surface area contributed by atoms with Gasteiger partial charge in [-0.25, -0.2) is 4.79 Å². The molecule has 0 aliphatic carbocycles. The van der Waals surface area contributed by atoms with Crippen molar-refractivity contribution in [1.29, 1.82) is 0 Å². The van der Waals surface area contributed by atoms with Crippen LogP contribution in [0.2, 0.25) is 0 Å². The Kier molecular flexibility index (Phi) is 5.67. The Morgan fingerprint density at radius 1 is 1.43 bits per heavy atom. The first kappa shape index (κ1) is 12.7. The number of carbonyl (C=O) groups is 2. The van der Waals surface area contributed by atoms with Crippen LogP contribution in [-0.4, -0.2) is 41.8 Å². The SMILES string of the molecule is CCOC(=O)N(CC(=O)O)CC(C)C. The van der Waals surface area contributed by atoms with E-state index in [1.54, 1.807) is 6.92 Å². The number of amides is 1. The van der Waals surface area contributed by atoms with Crippen molar-refractivity contribution in [3.05, 3.63) is 0 Å². The van der Waals surface area contributed by atoms with Crippen LogP contribution in [0, 0.1) is 5.92 Å². The zero-order valence-electron chi connectivity index (χ0n) is 8.82. The highest BCUT2D eigenvalue weighted by atomic mass is 16.6. The highest BCUT2D eigenvalue weighted by Gasteiger charge is 2.18. The second-order valence-electron chi connectivity index (χ2n) is 3.37. The lowest BCUT2D eigenvalue weighted by molar-refractivity contribution is -0.138. The number of rotatable bonds is 5. The van der Waals surface area contributed by atoms with Gasteiger partial charge in [0.15, 0.2) is 0 Å². The van der Waals surface area contributed by atoms with Crippen LogP contribution in [0.15, 0.2) is 0 Å². The molecular formula is C9H17NO4. The first-order chi connectivity index (χ1) is 6.47. The topological polar surface area (TPSA) is 66.8 Å². The van der Waals surface area contributed by atoms with Crippen molar-refractivity contribution in [2.24, 2.45) is 5.92 Å². The standard InChI is InChI=1S/C9H17NO4/c1-4-14-9(13)10(5-7(2)3)6-8(11)12/h7H,4-6H2,1-3H3,(H,11,12). The third-order valence-corrected chi connectivity index (χ3v) is 1.44. The third kappa shape index (κ3) is 5.40. The predicted octanol–water partition coefficient (Wildman–Crippen LogP) is 1.19. The molecule has 5 nitrogen and oxygen atoms in total. The van der Waals surface area contributed by atoms with Gasteiger partial charge in [-0.15, -0.1) is 0 Å². The van der Waals surface area contributed by atoms with E-state index >= 15 is 0 Å².